The maximum Gasteiger partial charge on any atom is 0.177 e. The van der Waals surface area contributed by atoms with Crippen LogP contribution in [0.4, 0.5) is 0 Å². The van der Waals surface area contributed by atoms with Gasteiger partial charge in [0.2, 0.25) is 0 Å². The van der Waals surface area contributed by atoms with Crippen LogP contribution in [0.5, 0.6) is 0 Å². The SMILES string of the molecule is O=C(Cc1ccc(I)cc1)c1cc(Br)c(Br)s1. The van der Waals surface area contributed by atoms with Crippen molar-refractivity contribution in [2.24, 2.45) is 0 Å². The fourth-order valence-corrected chi connectivity index (χ4v) is 3.69. The molecule has 0 saturated carbocycles. The van der Waals surface area contributed by atoms with E-state index in [4.69, 9.17) is 0 Å². The van der Waals surface area contributed by atoms with Gasteiger partial charge in [0, 0.05) is 14.5 Å². The molecule has 1 nitrogen and oxygen atoms in total. The summed E-state index contributed by atoms with van der Waals surface area (Å²) in [5, 5.41) is 0. The first-order valence-corrected chi connectivity index (χ1v) is 8.27. The fourth-order valence-electron chi connectivity index (χ4n) is 1.36. The molecule has 0 spiro atoms. The second-order valence-corrected chi connectivity index (χ2v) is 7.93. The predicted molar refractivity (Wildman–Crippen MR) is 86.9 cm³/mol. The first kappa shape index (κ1) is 13.7. The number of halogens is 3. The molecule has 88 valence electrons. The van der Waals surface area contributed by atoms with Crippen molar-refractivity contribution < 1.29 is 4.79 Å². The van der Waals surface area contributed by atoms with Crippen molar-refractivity contribution in [2.45, 2.75) is 6.42 Å². The molecule has 0 bridgehead atoms. The van der Waals surface area contributed by atoms with Crippen LogP contribution < -0.4 is 0 Å². The van der Waals surface area contributed by atoms with Gasteiger partial charge in [-0.2, -0.15) is 0 Å². The van der Waals surface area contributed by atoms with Crippen molar-refractivity contribution in [1.29, 1.82) is 0 Å². The standard InChI is InChI=1S/C12H7Br2IOS/c13-9-6-11(17-12(9)14)10(16)5-7-1-3-8(15)4-2-7/h1-4,6H,5H2. The van der Waals surface area contributed by atoms with E-state index in [1.54, 1.807) is 0 Å². The molecular formula is C12H7Br2IOS. The summed E-state index contributed by atoms with van der Waals surface area (Å²) in [4.78, 5) is 12.8. The van der Waals surface area contributed by atoms with Crippen LogP contribution in [0.25, 0.3) is 0 Å². The average Bonchev–Trinajstić information content (AvgIpc) is 2.63. The predicted octanol–water partition coefficient (Wildman–Crippen LogP) is 5.30. The second-order valence-electron chi connectivity index (χ2n) is 3.46. The Morgan fingerprint density at radius 2 is 1.88 bits per heavy atom. The normalized spacial score (nSPS) is 10.5. The molecule has 0 aliphatic carbocycles. The van der Waals surface area contributed by atoms with Crippen LogP contribution in [0, 0.1) is 3.57 Å². The number of ketones is 1. The Balaban J connectivity index is 2.14. The molecule has 0 saturated heterocycles. The van der Waals surface area contributed by atoms with E-state index in [0.29, 0.717) is 6.42 Å². The molecule has 0 atom stereocenters. The maximum absolute atomic E-state index is 12.0. The van der Waals surface area contributed by atoms with E-state index in [2.05, 4.69) is 54.5 Å². The minimum Gasteiger partial charge on any atom is -0.293 e. The third-order valence-corrected chi connectivity index (χ3v) is 6.21. The quantitative estimate of drug-likeness (QED) is 0.426. The van der Waals surface area contributed by atoms with E-state index in [1.807, 2.05) is 30.3 Å². The van der Waals surface area contributed by atoms with Gasteiger partial charge in [0.15, 0.2) is 5.78 Å². The molecule has 17 heavy (non-hydrogen) atoms. The number of hydrogen-bond acceptors (Lipinski definition) is 2. The van der Waals surface area contributed by atoms with E-state index in [1.165, 1.54) is 14.9 Å². The lowest BCUT2D eigenvalue weighted by Gasteiger charge is -1.99. The van der Waals surface area contributed by atoms with Crippen molar-refractivity contribution in [3.05, 3.63) is 52.6 Å². The highest BCUT2D eigenvalue weighted by molar-refractivity contribution is 14.1. The van der Waals surface area contributed by atoms with Gasteiger partial charge in [0.25, 0.3) is 0 Å². The number of rotatable bonds is 3. The van der Waals surface area contributed by atoms with Crippen LogP contribution in [0.1, 0.15) is 15.2 Å². The zero-order valence-corrected chi connectivity index (χ0v) is 14.7. The Morgan fingerprint density at radius 1 is 1.24 bits per heavy atom. The molecule has 1 heterocycles. The minimum absolute atomic E-state index is 0.155. The Bertz CT molecular complexity index is 529. The van der Waals surface area contributed by atoms with Crippen molar-refractivity contribution in [3.63, 3.8) is 0 Å². The summed E-state index contributed by atoms with van der Waals surface area (Å²) in [6.07, 6.45) is 0.455. The molecule has 0 N–H and O–H groups in total. The highest BCUT2D eigenvalue weighted by Crippen LogP contribution is 2.32. The first-order chi connectivity index (χ1) is 8.06. The number of carbonyl (C=O) groups excluding carboxylic acids is 1. The van der Waals surface area contributed by atoms with Crippen LogP contribution in [0.15, 0.2) is 38.6 Å². The molecule has 0 unspecified atom stereocenters. The average molecular weight is 486 g/mol. The molecule has 0 amide bonds. The smallest absolute Gasteiger partial charge is 0.177 e. The Kier molecular flexibility index (Phi) is 4.80. The van der Waals surface area contributed by atoms with E-state index in [-0.39, 0.29) is 5.78 Å². The third-order valence-electron chi connectivity index (χ3n) is 2.20. The van der Waals surface area contributed by atoms with Gasteiger partial charge in [-0.3, -0.25) is 4.79 Å². The summed E-state index contributed by atoms with van der Waals surface area (Å²) in [6.45, 7) is 0. The highest BCUT2D eigenvalue weighted by Gasteiger charge is 2.12. The zero-order valence-electron chi connectivity index (χ0n) is 8.54. The molecule has 0 aliphatic rings. The first-order valence-electron chi connectivity index (χ1n) is 4.79. The lowest BCUT2D eigenvalue weighted by atomic mass is 10.1. The van der Waals surface area contributed by atoms with Gasteiger partial charge >= 0.3 is 0 Å². The Morgan fingerprint density at radius 3 is 2.41 bits per heavy atom. The van der Waals surface area contributed by atoms with E-state index < -0.39 is 0 Å². The van der Waals surface area contributed by atoms with E-state index in [9.17, 15) is 4.79 Å². The van der Waals surface area contributed by atoms with Crippen molar-refractivity contribution in [2.75, 3.05) is 0 Å². The largest absolute Gasteiger partial charge is 0.293 e. The van der Waals surface area contributed by atoms with Crippen molar-refractivity contribution in [3.8, 4) is 0 Å². The van der Waals surface area contributed by atoms with Gasteiger partial charge in [-0.15, -0.1) is 11.3 Å². The zero-order chi connectivity index (χ0) is 12.4. The van der Waals surface area contributed by atoms with Crippen LogP contribution in [0.3, 0.4) is 0 Å². The van der Waals surface area contributed by atoms with Gasteiger partial charge in [-0.25, -0.2) is 0 Å². The molecular weight excluding hydrogens is 479 g/mol. The molecule has 1 aromatic carbocycles. The van der Waals surface area contributed by atoms with Gasteiger partial charge in [-0.05, 0) is 78.2 Å². The number of benzene rings is 1. The summed E-state index contributed by atoms with van der Waals surface area (Å²) < 4.78 is 3.08. The summed E-state index contributed by atoms with van der Waals surface area (Å²) >= 11 is 10.5. The minimum atomic E-state index is 0.155. The van der Waals surface area contributed by atoms with Crippen LogP contribution >= 0.6 is 65.8 Å². The van der Waals surface area contributed by atoms with Crippen LogP contribution in [0.2, 0.25) is 0 Å². The molecule has 2 aromatic rings. The van der Waals surface area contributed by atoms with Crippen molar-refractivity contribution >= 4 is 71.6 Å². The van der Waals surface area contributed by atoms with Gasteiger partial charge < -0.3 is 0 Å². The lowest BCUT2D eigenvalue weighted by Crippen LogP contribution is -2.00. The van der Waals surface area contributed by atoms with Gasteiger partial charge in [0.05, 0.1) is 8.66 Å². The third kappa shape index (κ3) is 3.62. The highest BCUT2D eigenvalue weighted by atomic mass is 127. The summed E-state index contributed by atoms with van der Waals surface area (Å²) in [7, 11) is 0. The molecule has 0 radical (unpaired) electrons. The van der Waals surface area contributed by atoms with Gasteiger partial charge in [-0.1, -0.05) is 12.1 Å². The summed E-state index contributed by atoms with van der Waals surface area (Å²) in [5.74, 6) is 0.155. The molecule has 0 fully saturated rings. The molecule has 1 aromatic heterocycles. The van der Waals surface area contributed by atoms with Crippen LogP contribution in [-0.2, 0) is 6.42 Å². The molecule has 0 aliphatic heterocycles. The monoisotopic (exact) mass is 484 g/mol. The number of hydrogen-bond donors (Lipinski definition) is 0. The lowest BCUT2D eigenvalue weighted by molar-refractivity contribution is 0.0997. The Hall–Kier alpha value is 0.280. The van der Waals surface area contributed by atoms with Crippen molar-refractivity contribution in [1.82, 2.24) is 0 Å². The molecule has 5 heteroatoms. The van der Waals surface area contributed by atoms with Gasteiger partial charge in [0.1, 0.15) is 0 Å². The van der Waals surface area contributed by atoms with Crippen LogP contribution in [-0.4, -0.2) is 5.78 Å². The van der Waals surface area contributed by atoms with E-state index >= 15 is 0 Å². The maximum atomic E-state index is 12.0. The Labute approximate surface area is 134 Å². The number of thiophene rings is 1. The fraction of sp³-hybridized carbons (Fsp3) is 0.0833. The summed E-state index contributed by atoms with van der Waals surface area (Å²) in [6, 6.07) is 9.89. The van der Waals surface area contributed by atoms with E-state index in [0.717, 1.165) is 18.7 Å². The topological polar surface area (TPSA) is 17.1 Å². The number of carbonyl (C=O) groups is 1. The summed E-state index contributed by atoms with van der Waals surface area (Å²) in [5.41, 5.74) is 1.05. The number of Topliss-reactive ketones (excluding diaryl/α,β-unsaturated/α-hetero) is 1. The second kappa shape index (κ2) is 5.95. The molecule has 2 rings (SSSR count).